The number of hydrogen-bond donors (Lipinski definition) is 0. The monoisotopic (exact) mass is 342 g/mol. The van der Waals surface area contributed by atoms with Gasteiger partial charge >= 0.3 is 0 Å². The summed E-state index contributed by atoms with van der Waals surface area (Å²) in [4.78, 5) is 17.2. The van der Waals surface area contributed by atoms with Gasteiger partial charge in [0.15, 0.2) is 0 Å². The third kappa shape index (κ3) is 3.73. The number of carbonyl (C=O) groups excluding carboxylic acids is 1. The Balaban J connectivity index is 1.64. The fourth-order valence-electron chi connectivity index (χ4n) is 3.32. The van der Waals surface area contributed by atoms with Crippen LogP contribution in [-0.4, -0.2) is 37.0 Å². The van der Waals surface area contributed by atoms with Crippen LogP contribution in [0.4, 0.5) is 5.69 Å². The zero-order valence-electron chi connectivity index (χ0n) is 14.0. The van der Waals surface area contributed by atoms with Gasteiger partial charge in [-0.2, -0.15) is 0 Å². The van der Waals surface area contributed by atoms with Crippen molar-refractivity contribution in [1.29, 1.82) is 0 Å². The number of anilines is 1. The Morgan fingerprint density at radius 1 is 1.04 bits per heavy atom. The van der Waals surface area contributed by atoms with Crippen molar-refractivity contribution in [1.82, 2.24) is 4.90 Å². The molecule has 0 aliphatic carbocycles. The van der Waals surface area contributed by atoms with Crippen LogP contribution in [0, 0.1) is 0 Å². The summed E-state index contributed by atoms with van der Waals surface area (Å²) in [7, 11) is 0. The van der Waals surface area contributed by atoms with Crippen LogP contribution in [-0.2, 0) is 4.79 Å². The lowest BCUT2D eigenvalue weighted by Crippen LogP contribution is -2.50. The molecule has 126 valence electrons. The van der Waals surface area contributed by atoms with Crippen LogP contribution in [0.25, 0.3) is 0 Å². The number of piperazine rings is 1. The fourth-order valence-corrected chi connectivity index (χ4v) is 3.50. The highest BCUT2D eigenvalue weighted by Gasteiger charge is 2.27. The summed E-state index contributed by atoms with van der Waals surface area (Å²) in [5.41, 5.74) is 2.24. The normalized spacial score (nSPS) is 16.1. The van der Waals surface area contributed by atoms with Crippen LogP contribution in [0.15, 0.2) is 54.6 Å². The van der Waals surface area contributed by atoms with Gasteiger partial charge in [-0.15, -0.1) is 0 Å². The Hall–Kier alpha value is -2.00. The summed E-state index contributed by atoms with van der Waals surface area (Å²) in [5, 5.41) is 0.751. The van der Waals surface area contributed by atoms with Gasteiger partial charge in [-0.25, -0.2) is 0 Å². The molecule has 3 nitrogen and oxygen atoms in total. The van der Waals surface area contributed by atoms with E-state index in [1.165, 1.54) is 0 Å². The minimum Gasteiger partial charge on any atom is -0.368 e. The second-order valence-electron chi connectivity index (χ2n) is 6.16. The lowest BCUT2D eigenvalue weighted by atomic mass is 9.95. The Morgan fingerprint density at radius 3 is 2.38 bits per heavy atom. The van der Waals surface area contributed by atoms with Gasteiger partial charge in [0, 0.05) is 36.9 Å². The molecule has 2 aromatic carbocycles. The van der Waals surface area contributed by atoms with Gasteiger partial charge in [0.05, 0.1) is 5.92 Å². The van der Waals surface area contributed by atoms with E-state index in [4.69, 9.17) is 11.6 Å². The molecule has 0 saturated carbocycles. The van der Waals surface area contributed by atoms with E-state index in [0.29, 0.717) is 0 Å². The summed E-state index contributed by atoms with van der Waals surface area (Å²) >= 11 is 6.08. The molecule has 2 aromatic rings. The zero-order chi connectivity index (χ0) is 16.9. The number of benzene rings is 2. The maximum atomic E-state index is 12.9. The smallest absolute Gasteiger partial charge is 0.230 e. The molecule has 0 unspecified atom stereocenters. The highest BCUT2D eigenvalue weighted by Crippen LogP contribution is 2.25. The number of halogens is 1. The second kappa shape index (κ2) is 7.71. The van der Waals surface area contributed by atoms with Crippen molar-refractivity contribution < 1.29 is 4.79 Å². The highest BCUT2D eigenvalue weighted by atomic mass is 35.5. The van der Waals surface area contributed by atoms with Crippen molar-refractivity contribution >= 4 is 23.2 Å². The molecule has 1 heterocycles. The quantitative estimate of drug-likeness (QED) is 0.832. The van der Waals surface area contributed by atoms with Gasteiger partial charge in [-0.05, 0) is 30.2 Å². The van der Waals surface area contributed by atoms with Gasteiger partial charge < -0.3 is 9.80 Å². The lowest BCUT2D eigenvalue weighted by Gasteiger charge is -2.37. The average molecular weight is 343 g/mol. The summed E-state index contributed by atoms with van der Waals surface area (Å²) in [6.45, 7) is 5.29. The van der Waals surface area contributed by atoms with Crippen molar-refractivity contribution in [3.63, 3.8) is 0 Å². The predicted molar refractivity (Wildman–Crippen MR) is 99.7 cm³/mol. The minimum absolute atomic E-state index is 0.0380. The van der Waals surface area contributed by atoms with E-state index in [9.17, 15) is 4.79 Å². The van der Waals surface area contributed by atoms with E-state index >= 15 is 0 Å². The molecule has 1 amide bonds. The van der Waals surface area contributed by atoms with E-state index in [1.807, 2.05) is 53.4 Å². The van der Waals surface area contributed by atoms with Crippen molar-refractivity contribution in [2.24, 2.45) is 0 Å². The van der Waals surface area contributed by atoms with E-state index < -0.39 is 0 Å². The SMILES string of the molecule is CC[C@H](C(=O)N1CCN(c2cccc(Cl)c2)CC1)c1ccccc1. The minimum atomic E-state index is -0.0380. The van der Waals surface area contributed by atoms with E-state index in [0.717, 1.165) is 48.9 Å². The predicted octanol–water partition coefficient (Wildman–Crippen LogP) is 4.18. The first-order valence-corrected chi connectivity index (χ1v) is 8.91. The topological polar surface area (TPSA) is 23.6 Å². The summed E-state index contributed by atoms with van der Waals surface area (Å²) < 4.78 is 0. The molecule has 0 aromatic heterocycles. The van der Waals surface area contributed by atoms with Crippen LogP contribution < -0.4 is 4.90 Å². The molecular weight excluding hydrogens is 320 g/mol. The standard InChI is InChI=1S/C20H23ClN2O/c1-2-19(16-7-4-3-5-8-16)20(24)23-13-11-22(12-14-23)18-10-6-9-17(21)15-18/h3-10,15,19H,2,11-14H2,1H3/t19-/m0/s1. The van der Waals surface area contributed by atoms with Crippen molar-refractivity contribution in [2.75, 3.05) is 31.1 Å². The van der Waals surface area contributed by atoms with Crippen molar-refractivity contribution in [2.45, 2.75) is 19.3 Å². The van der Waals surface area contributed by atoms with Crippen LogP contribution in [0.5, 0.6) is 0 Å². The van der Waals surface area contributed by atoms with E-state index in [1.54, 1.807) is 0 Å². The van der Waals surface area contributed by atoms with Crippen LogP contribution in [0.2, 0.25) is 5.02 Å². The summed E-state index contributed by atoms with van der Waals surface area (Å²) in [6, 6.07) is 18.0. The third-order valence-corrected chi connectivity index (χ3v) is 4.91. The van der Waals surface area contributed by atoms with E-state index in [-0.39, 0.29) is 11.8 Å². The van der Waals surface area contributed by atoms with Crippen LogP contribution in [0.1, 0.15) is 24.8 Å². The molecule has 1 aliphatic rings. The average Bonchev–Trinajstić information content (AvgIpc) is 2.63. The molecule has 1 atom stereocenters. The molecule has 0 spiro atoms. The van der Waals surface area contributed by atoms with Crippen LogP contribution in [0.3, 0.4) is 0 Å². The van der Waals surface area contributed by atoms with Gasteiger partial charge in [0.1, 0.15) is 0 Å². The maximum absolute atomic E-state index is 12.9. The van der Waals surface area contributed by atoms with Gasteiger partial charge in [0.2, 0.25) is 5.91 Å². The van der Waals surface area contributed by atoms with Gasteiger partial charge in [-0.3, -0.25) is 4.79 Å². The zero-order valence-corrected chi connectivity index (χ0v) is 14.7. The van der Waals surface area contributed by atoms with Crippen LogP contribution >= 0.6 is 11.6 Å². The molecular formula is C20H23ClN2O. The first-order chi connectivity index (χ1) is 11.7. The molecule has 1 fully saturated rings. The number of amides is 1. The molecule has 0 bridgehead atoms. The molecule has 0 N–H and O–H groups in total. The van der Waals surface area contributed by atoms with Crippen molar-refractivity contribution in [3.8, 4) is 0 Å². The first-order valence-electron chi connectivity index (χ1n) is 8.53. The molecule has 3 rings (SSSR count). The van der Waals surface area contributed by atoms with Gasteiger partial charge in [-0.1, -0.05) is 54.9 Å². The Bertz CT molecular complexity index is 681. The number of hydrogen-bond acceptors (Lipinski definition) is 2. The lowest BCUT2D eigenvalue weighted by molar-refractivity contribution is -0.133. The van der Waals surface area contributed by atoms with Crippen molar-refractivity contribution in [3.05, 3.63) is 65.2 Å². The molecule has 24 heavy (non-hydrogen) atoms. The van der Waals surface area contributed by atoms with E-state index in [2.05, 4.69) is 17.9 Å². The third-order valence-electron chi connectivity index (χ3n) is 4.67. The molecule has 1 saturated heterocycles. The largest absolute Gasteiger partial charge is 0.368 e. The second-order valence-corrected chi connectivity index (χ2v) is 6.60. The van der Waals surface area contributed by atoms with Gasteiger partial charge in [0.25, 0.3) is 0 Å². The number of rotatable bonds is 4. The fraction of sp³-hybridized carbons (Fsp3) is 0.350. The molecule has 0 radical (unpaired) electrons. The maximum Gasteiger partial charge on any atom is 0.230 e. The Kier molecular flexibility index (Phi) is 5.41. The number of nitrogens with zero attached hydrogens (tertiary/aromatic N) is 2. The molecule has 1 aliphatic heterocycles. The Labute approximate surface area is 148 Å². The molecule has 4 heteroatoms. The highest BCUT2D eigenvalue weighted by molar-refractivity contribution is 6.30. The summed E-state index contributed by atoms with van der Waals surface area (Å²) in [5.74, 6) is 0.207. The Morgan fingerprint density at radius 2 is 1.75 bits per heavy atom. The number of carbonyl (C=O) groups is 1. The summed E-state index contributed by atoms with van der Waals surface area (Å²) in [6.07, 6.45) is 0.831. The first kappa shape index (κ1) is 16.8.